The molecule has 18 heavy (non-hydrogen) atoms. The average molecular weight is 252 g/mol. The minimum absolute atomic E-state index is 0.322. The summed E-state index contributed by atoms with van der Waals surface area (Å²) >= 11 is 0. The highest BCUT2D eigenvalue weighted by atomic mass is 19.1. The van der Waals surface area contributed by atoms with Crippen molar-refractivity contribution in [2.24, 2.45) is 41.4 Å². The van der Waals surface area contributed by atoms with E-state index in [0.717, 1.165) is 36.0 Å². The Balaban J connectivity index is 1.78. The number of hydrogen-bond donors (Lipinski definition) is 0. The lowest BCUT2D eigenvalue weighted by molar-refractivity contribution is -0.0623. The number of fused-ring (bicyclic) bond motifs is 3. The summed E-state index contributed by atoms with van der Waals surface area (Å²) in [5, 5.41) is 0. The quantitative estimate of drug-likeness (QED) is 0.564. The Morgan fingerprint density at radius 3 is 1.83 bits per heavy atom. The Bertz CT molecular complexity index is 270. The second kappa shape index (κ2) is 4.80. The monoisotopic (exact) mass is 252 g/mol. The minimum Gasteiger partial charge on any atom is -0.247 e. The van der Waals surface area contributed by atoms with E-state index in [2.05, 4.69) is 20.8 Å². The van der Waals surface area contributed by atoms with Crippen LogP contribution in [0.15, 0.2) is 0 Å². The molecule has 0 amide bonds. The topological polar surface area (TPSA) is 0 Å². The maximum atomic E-state index is 14.4. The van der Waals surface area contributed by atoms with Crippen LogP contribution < -0.4 is 0 Å². The summed E-state index contributed by atoms with van der Waals surface area (Å²) in [4.78, 5) is 0. The molecule has 0 saturated heterocycles. The van der Waals surface area contributed by atoms with Crippen molar-refractivity contribution in [3.63, 3.8) is 0 Å². The smallest absolute Gasteiger partial charge is 0.106 e. The lowest BCUT2D eigenvalue weighted by Crippen LogP contribution is -2.48. The SMILES string of the molecule is CC1CCC2C(CCC3C(F)C(C)CCC32)C1C. The standard InChI is InChI=1S/C17H29F/c1-10-4-6-14-13(12(10)3)8-9-16-15(14)7-5-11(2)17(16)18/h10-17H,4-9H2,1-3H3. The zero-order valence-corrected chi connectivity index (χ0v) is 12.2. The van der Waals surface area contributed by atoms with Crippen LogP contribution in [0.4, 0.5) is 4.39 Å². The van der Waals surface area contributed by atoms with E-state index in [1.54, 1.807) is 0 Å². The van der Waals surface area contributed by atoms with E-state index in [-0.39, 0.29) is 0 Å². The van der Waals surface area contributed by atoms with E-state index < -0.39 is 6.17 Å². The molecule has 0 N–H and O–H groups in total. The highest BCUT2D eigenvalue weighted by Gasteiger charge is 2.49. The van der Waals surface area contributed by atoms with Crippen molar-refractivity contribution in [2.75, 3.05) is 0 Å². The molecule has 104 valence electrons. The van der Waals surface area contributed by atoms with Crippen molar-refractivity contribution in [1.29, 1.82) is 0 Å². The Labute approximate surface area is 112 Å². The van der Waals surface area contributed by atoms with Crippen LogP contribution in [-0.4, -0.2) is 6.17 Å². The molecular formula is C17H29F. The molecule has 0 nitrogen and oxygen atoms in total. The van der Waals surface area contributed by atoms with E-state index in [9.17, 15) is 4.39 Å². The summed E-state index contributed by atoms with van der Waals surface area (Å²) in [7, 11) is 0. The van der Waals surface area contributed by atoms with Crippen LogP contribution in [0, 0.1) is 41.4 Å². The fourth-order valence-corrected chi connectivity index (χ4v) is 5.53. The van der Waals surface area contributed by atoms with Gasteiger partial charge in [0.2, 0.25) is 0 Å². The van der Waals surface area contributed by atoms with Gasteiger partial charge in [0.1, 0.15) is 6.17 Å². The highest BCUT2D eigenvalue weighted by molar-refractivity contribution is 4.98. The number of hydrogen-bond acceptors (Lipinski definition) is 0. The summed E-state index contributed by atoms with van der Waals surface area (Å²) in [5.41, 5.74) is 0. The zero-order chi connectivity index (χ0) is 12.9. The van der Waals surface area contributed by atoms with Gasteiger partial charge in [-0.1, -0.05) is 27.2 Å². The summed E-state index contributed by atoms with van der Waals surface area (Å²) in [6.45, 7) is 7.01. The minimum atomic E-state index is -0.501. The van der Waals surface area contributed by atoms with E-state index in [1.807, 2.05) is 0 Å². The van der Waals surface area contributed by atoms with E-state index in [1.165, 1.54) is 32.1 Å². The molecule has 0 spiro atoms. The Kier molecular flexibility index (Phi) is 3.45. The third-order valence-corrected chi connectivity index (χ3v) is 6.92. The van der Waals surface area contributed by atoms with Crippen LogP contribution in [-0.2, 0) is 0 Å². The van der Waals surface area contributed by atoms with Gasteiger partial charge in [-0.2, -0.15) is 0 Å². The fraction of sp³-hybridized carbons (Fsp3) is 1.00. The number of halogens is 1. The molecule has 1 heteroatoms. The van der Waals surface area contributed by atoms with Gasteiger partial charge in [0.05, 0.1) is 0 Å². The van der Waals surface area contributed by atoms with Crippen molar-refractivity contribution >= 4 is 0 Å². The first-order chi connectivity index (χ1) is 8.59. The highest BCUT2D eigenvalue weighted by Crippen LogP contribution is 2.55. The molecule has 0 aromatic rings. The van der Waals surface area contributed by atoms with E-state index in [4.69, 9.17) is 0 Å². The largest absolute Gasteiger partial charge is 0.247 e. The van der Waals surface area contributed by atoms with Crippen LogP contribution in [0.2, 0.25) is 0 Å². The molecule has 3 fully saturated rings. The van der Waals surface area contributed by atoms with Crippen molar-refractivity contribution in [3.05, 3.63) is 0 Å². The van der Waals surface area contributed by atoms with Crippen LogP contribution in [0.3, 0.4) is 0 Å². The van der Waals surface area contributed by atoms with Gasteiger partial charge in [0.25, 0.3) is 0 Å². The summed E-state index contributed by atoms with van der Waals surface area (Å²) < 4.78 is 14.4. The Hall–Kier alpha value is -0.0700. The second-order valence-electron chi connectivity index (χ2n) is 7.65. The van der Waals surface area contributed by atoms with Crippen molar-refractivity contribution in [3.8, 4) is 0 Å². The van der Waals surface area contributed by atoms with Crippen molar-refractivity contribution < 1.29 is 4.39 Å². The molecule has 0 bridgehead atoms. The van der Waals surface area contributed by atoms with Gasteiger partial charge in [-0.05, 0) is 73.5 Å². The first-order valence-corrected chi connectivity index (χ1v) is 8.23. The molecule has 3 aliphatic rings. The summed E-state index contributed by atoms with van der Waals surface area (Å²) in [5.74, 6) is 5.01. The molecule has 3 saturated carbocycles. The van der Waals surface area contributed by atoms with E-state index in [0.29, 0.717) is 11.8 Å². The molecule has 0 heterocycles. The molecule has 0 aromatic carbocycles. The van der Waals surface area contributed by atoms with Gasteiger partial charge in [-0.3, -0.25) is 0 Å². The van der Waals surface area contributed by atoms with Gasteiger partial charge in [0.15, 0.2) is 0 Å². The first kappa shape index (κ1) is 12.9. The van der Waals surface area contributed by atoms with Crippen LogP contribution in [0.1, 0.15) is 59.3 Å². The first-order valence-electron chi connectivity index (χ1n) is 8.23. The molecular weight excluding hydrogens is 223 g/mol. The second-order valence-corrected chi connectivity index (χ2v) is 7.65. The maximum absolute atomic E-state index is 14.4. The molecule has 8 atom stereocenters. The molecule has 3 aliphatic carbocycles. The summed E-state index contributed by atoms with van der Waals surface area (Å²) in [6, 6.07) is 0. The molecule has 0 aliphatic heterocycles. The van der Waals surface area contributed by atoms with Crippen molar-refractivity contribution in [1.82, 2.24) is 0 Å². The molecule has 0 aromatic heterocycles. The third-order valence-electron chi connectivity index (χ3n) is 6.92. The van der Waals surface area contributed by atoms with Gasteiger partial charge < -0.3 is 0 Å². The summed E-state index contributed by atoms with van der Waals surface area (Å²) in [6.07, 6.45) is 7.21. The zero-order valence-electron chi connectivity index (χ0n) is 12.2. The van der Waals surface area contributed by atoms with Gasteiger partial charge in [0, 0.05) is 0 Å². The van der Waals surface area contributed by atoms with Crippen LogP contribution in [0.5, 0.6) is 0 Å². The van der Waals surface area contributed by atoms with Crippen molar-refractivity contribution in [2.45, 2.75) is 65.5 Å². The predicted octanol–water partition coefficient (Wildman–Crippen LogP) is 5.08. The normalized spacial score (nSPS) is 56.7. The lowest BCUT2D eigenvalue weighted by Gasteiger charge is -2.53. The third kappa shape index (κ3) is 1.93. The number of rotatable bonds is 0. The van der Waals surface area contributed by atoms with Gasteiger partial charge in [-0.15, -0.1) is 0 Å². The Morgan fingerprint density at radius 1 is 0.611 bits per heavy atom. The maximum Gasteiger partial charge on any atom is 0.106 e. The number of alkyl halides is 1. The Morgan fingerprint density at radius 2 is 1.11 bits per heavy atom. The predicted molar refractivity (Wildman–Crippen MR) is 74.1 cm³/mol. The van der Waals surface area contributed by atoms with Crippen LogP contribution in [0.25, 0.3) is 0 Å². The molecule has 8 unspecified atom stereocenters. The van der Waals surface area contributed by atoms with E-state index >= 15 is 0 Å². The van der Waals surface area contributed by atoms with Gasteiger partial charge in [-0.25, -0.2) is 4.39 Å². The lowest BCUT2D eigenvalue weighted by atomic mass is 9.53. The molecule has 3 rings (SSSR count). The average Bonchev–Trinajstić information content (AvgIpc) is 2.38. The van der Waals surface area contributed by atoms with Gasteiger partial charge >= 0.3 is 0 Å². The fourth-order valence-electron chi connectivity index (χ4n) is 5.53. The molecule has 0 radical (unpaired) electrons. The van der Waals surface area contributed by atoms with Crippen LogP contribution >= 0.6 is 0 Å².